The number of nitro groups is 1. The van der Waals surface area contributed by atoms with Gasteiger partial charge in [-0.15, -0.1) is 0 Å². The summed E-state index contributed by atoms with van der Waals surface area (Å²) in [6, 6.07) is 4.44. The molecule has 5 N–H and O–H groups in total. The van der Waals surface area contributed by atoms with E-state index in [-0.39, 0.29) is 11.6 Å². The molecule has 0 aromatic heterocycles. The van der Waals surface area contributed by atoms with E-state index in [2.05, 4.69) is 4.99 Å². The molecular weight excluding hydrogens is 246 g/mol. The standard InChI is InChI=1S/C8H10N4O2.NO3/c1-5-2-3-6(12(13)14)4-7(5)11-8(9)10;2-1(3)4/h2-4H,1H3,(H4,9,10,11);/q;-1/p+1. The van der Waals surface area contributed by atoms with Crippen molar-refractivity contribution in [3.8, 4) is 0 Å². The van der Waals surface area contributed by atoms with Crippen LogP contribution in [0.15, 0.2) is 18.2 Å². The molecule has 0 fully saturated rings. The number of nitro benzene ring substituents is 1. The summed E-state index contributed by atoms with van der Waals surface area (Å²) in [4.78, 5) is 20.9. The average molecular weight is 257 g/mol. The van der Waals surface area contributed by atoms with E-state index in [1.807, 2.05) is 0 Å². The Morgan fingerprint density at radius 1 is 1.22 bits per heavy atom. The molecular formula is C8H11N5O5. The van der Waals surface area contributed by atoms with E-state index in [1.165, 1.54) is 12.1 Å². The third-order valence-corrected chi connectivity index (χ3v) is 1.71. The van der Waals surface area contributed by atoms with Gasteiger partial charge in [-0.25, -0.2) is 4.99 Å². The average Bonchev–Trinajstić information content (AvgIpc) is 2.19. The number of non-ortho nitro benzene ring substituents is 1. The minimum atomic E-state index is -1.75. The Balaban J connectivity index is 0.000000631. The quantitative estimate of drug-likeness (QED) is 0.254. The Bertz CT molecular complexity index is 479. The number of rotatable bonds is 2. The van der Waals surface area contributed by atoms with Gasteiger partial charge in [-0.05, 0) is 18.6 Å². The van der Waals surface area contributed by atoms with E-state index in [1.54, 1.807) is 13.0 Å². The topological polar surface area (TPSA) is 175 Å². The zero-order valence-corrected chi connectivity index (χ0v) is 9.32. The first-order valence-corrected chi connectivity index (χ1v) is 4.45. The number of aryl methyl sites for hydroxylation is 1. The fourth-order valence-electron chi connectivity index (χ4n) is 1.01. The third kappa shape index (κ3) is 5.85. The molecule has 0 saturated heterocycles. The van der Waals surface area contributed by atoms with Crippen LogP contribution in [0.5, 0.6) is 0 Å². The molecule has 10 heteroatoms. The summed E-state index contributed by atoms with van der Waals surface area (Å²) in [5, 5.41) is 25.2. The second kappa shape index (κ2) is 6.62. The molecule has 0 bridgehead atoms. The van der Waals surface area contributed by atoms with Crippen molar-refractivity contribution in [2.45, 2.75) is 6.92 Å². The number of nitrogens with one attached hydrogen (secondary N) is 1. The molecule has 18 heavy (non-hydrogen) atoms. The summed E-state index contributed by atoms with van der Waals surface area (Å²) in [6.45, 7) is 1.80. The van der Waals surface area contributed by atoms with Gasteiger partial charge in [0.25, 0.3) is 5.69 Å². The zero-order valence-electron chi connectivity index (χ0n) is 9.32. The Labute approximate surface area is 101 Å². The van der Waals surface area contributed by atoms with Gasteiger partial charge in [0.15, 0.2) is 0 Å². The second-order valence-corrected chi connectivity index (χ2v) is 3.06. The maximum absolute atomic E-state index is 10.5. The smallest absolute Gasteiger partial charge is 0.343 e. The molecule has 0 aliphatic rings. The van der Waals surface area contributed by atoms with Gasteiger partial charge < -0.3 is 15.3 Å². The van der Waals surface area contributed by atoms with E-state index in [4.69, 9.17) is 26.8 Å². The molecule has 0 saturated carbocycles. The number of hydrogen-bond donors (Lipinski definition) is 3. The predicted molar refractivity (Wildman–Crippen MR) is 62.2 cm³/mol. The van der Waals surface area contributed by atoms with E-state index >= 15 is 0 Å². The zero-order chi connectivity index (χ0) is 14.3. The SMILES string of the molecule is Cc1ccc([N+](=O)[O-])cc1[NH+]=C(N)N.O=[N+]([O-])[O-]. The van der Waals surface area contributed by atoms with Crippen LogP contribution in [0.25, 0.3) is 0 Å². The molecule has 1 aromatic rings. The van der Waals surface area contributed by atoms with Gasteiger partial charge in [0.1, 0.15) is 5.69 Å². The number of nitrogens with zero attached hydrogens (tertiary/aromatic N) is 2. The first-order chi connectivity index (χ1) is 8.23. The predicted octanol–water partition coefficient (Wildman–Crippen LogP) is -1.35. The summed E-state index contributed by atoms with van der Waals surface area (Å²) in [5.74, 6) is 0.00796. The lowest BCUT2D eigenvalue weighted by atomic mass is 10.2. The molecule has 0 unspecified atom stereocenters. The highest BCUT2D eigenvalue weighted by Crippen LogP contribution is 2.17. The number of benzene rings is 1. The molecule has 0 aliphatic carbocycles. The Morgan fingerprint density at radius 3 is 2.11 bits per heavy atom. The maximum Gasteiger partial charge on any atom is 0.343 e. The molecule has 0 radical (unpaired) electrons. The van der Waals surface area contributed by atoms with Crippen LogP contribution in [0.1, 0.15) is 5.56 Å². The van der Waals surface area contributed by atoms with E-state index < -0.39 is 10.0 Å². The van der Waals surface area contributed by atoms with Crippen LogP contribution in [0.2, 0.25) is 0 Å². The number of guanidine groups is 1. The summed E-state index contributed by atoms with van der Waals surface area (Å²) in [5.41, 5.74) is 11.8. The first-order valence-electron chi connectivity index (χ1n) is 4.45. The van der Waals surface area contributed by atoms with Gasteiger partial charge in [-0.1, -0.05) is 0 Å². The third-order valence-electron chi connectivity index (χ3n) is 1.71. The van der Waals surface area contributed by atoms with Crippen molar-refractivity contribution in [1.29, 1.82) is 0 Å². The molecule has 0 spiro atoms. The van der Waals surface area contributed by atoms with Crippen LogP contribution in [0.3, 0.4) is 0 Å². The Hall–Kier alpha value is -2.91. The van der Waals surface area contributed by atoms with Gasteiger partial charge in [0, 0.05) is 6.07 Å². The van der Waals surface area contributed by atoms with Gasteiger partial charge in [-0.3, -0.25) is 21.6 Å². The molecule has 1 aromatic carbocycles. The lowest BCUT2D eigenvalue weighted by molar-refractivity contribution is -0.402. The molecule has 0 aliphatic heterocycles. The highest BCUT2D eigenvalue weighted by atomic mass is 16.9. The van der Waals surface area contributed by atoms with Crippen LogP contribution in [0, 0.1) is 32.4 Å². The highest BCUT2D eigenvalue weighted by molar-refractivity contribution is 5.70. The van der Waals surface area contributed by atoms with Crippen molar-refractivity contribution in [3.63, 3.8) is 0 Å². The van der Waals surface area contributed by atoms with Crippen molar-refractivity contribution in [2.75, 3.05) is 0 Å². The van der Waals surface area contributed by atoms with Gasteiger partial charge in [0.2, 0.25) is 0 Å². The molecule has 98 valence electrons. The summed E-state index contributed by atoms with van der Waals surface area (Å²) >= 11 is 0. The van der Waals surface area contributed by atoms with Gasteiger partial charge >= 0.3 is 5.96 Å². The largest absolute Gasteiger partial charge is 0.356 e. The summed E-state index contributed by atoms with van der Waals surface area (Å²) in [6.07, 6.45) is 0. The number of nitrogens with two attached hydrogens (primary N) is 2. The molecule has 0 atom stereocenters. The lowest BCUT2D eigenvalue weighted by Gasteiger charge is -1.98. The highest BCUT2D eigenvalue weighted by Gasteiger charge is 2.08. The van der Waals surface area contributed by atoms with Crippen LogP contribution in [-0.2, 0) is 0 Å². The van der Waals surface area contributed by atoms with Gasteiger partial charge in [-0.2, -0.15) is 0 Å². The summed E-state index contributed by atoms with van der Waals surface area (Å²) < 4.78 is 0. The normalized spacial score (nSPS) is 8.72. The van der Waals surface area contributed by atoms with Crippen molar-refractivity contribution in [1.82, 2.24) is 0 Å². The minimum absolute atomic E-state index is 0.000602. The molecule has 0 heterocycles. The van der Waals surface area contributed by atoms with E-state index in [0.717, 1.165) is 5.56 Å². The van der Waals surface area contributed by atoms with Crippen molar-refractivity contribution < 1.29 is 15.0 Å². The molecule has 1 rings (SSSR count). The van der Waals surface area contributed by atoms with E-state index in [0.29, 0.717) is 5.69 Å². The molecule has 0 amide bonds. The van der Waals surface area contributed by atoms with Crippen LogP contribution >= 0.6 is 0 Å². The molecule has 10 nitrogen and oxygen atoms in total. The van der Waals surface area contributed by atoms with Crippen molar-refractivity contribution >= 4 is 17.3 Å². The Morgan fingerprint density at radius 2 is 1.72 bits per heavy atom. The Kier molecular flexibility index (Phi) is 5.55. The summed E-state index contributed by atoms with van der Waals surface area (Å²) in [7, 11) is 0. The fraction of sp³-hybridized carbons (Fsp3) is 0.125. The van der Waals surface area contributed by atoms with Crippen molar-refractivity contribution in [3.05, 3.63) is 49.2 Å². The van der Waals surface area contributed by atoms with Crippen LogP contribution < -0.4 is 16.5 Å². The number of hydrogen-bond acceptors (Lipinski definition) is 5. The second-order valence-electron chi connectivity index (χ2n) is 3.06. The fourth-order valence-corrected chi connectivity index (χ4v) is 1.01. The van der Waals surface area contributed by atoms with Crippen molar-refractivity contribution in [2.24, 2.45) is 11.5 Å². The minimum Gasteiger partial charge on any atom is -0.356 e. The lowest BCUT2D eigenvalue weighted by Crippen LogP contribution is -2.72. The van der Waals surface area contributed by atoms with Gasteiger partial charge in [0.05, 0.1) is 16.1 Å². The monoisotopic (exact) mass is 257 g/mol. The van der Waals surface area contributed by atoms with Crippen LogP contribution in [-0.4, -0.2) is 16.0 Å². The maximum atomic E-state index is 10.5. The van der Waals surface area contributed by atoms with E-state index in [9.17, 15) is 10.1 Å². The van der Waals surface area contributed by atoms with Crippen LogP contribution in [0.4, 0.5) is 11.4 Å². The first kappa shape index (κ1) is 15.1.